The Labute approximate surface area is 46.0 Å². The van der Waals surface area contributed by atoms with Crippen LogP contribution >= 0.6 is 0 Å². The van der Waals surface area contributed by atoms with Crippen LogP contribution in [0.5, 0.6) is 0 Å². The Morgan fingerprint density at radius 2 is 2.29 bits per heavy atom. The van der Waals surface area contributed by atoms with E-state index in [1.165, 1.54) is 19.4 Å². The largest absolute Gasteiger partial charge is 0.533 e. The Morgan fingerprint density at radius 1 is 1.43 bits per heavy atom. The lowest BCUT2D eigenvalue weighted by Gasteiger charge is -2.25. The third-order valence-corrected chi connectivity index (χ3v) is 2.13. The van der Waals surface area contributed by atoms with E-state index in [2.05, 4.69) is 7.05 Å². The SMILES string of the molecule is C[NH+]1[BH2-]CCCC1. The minimum atomic E-state index is 0.455. The van der Waals surface area contributed by atoms with Gasteiger partial charge in [-0.1, -0.05) is 6.42 Å². The number of hydrogen-bond donors (Lipinski definition) is 1. The van der Waals surface area contributed by atoms with Crippen LogP contribution in [-0.4, -0.2) is 21.0 Å². The summed E-state index contributed by atoms with van der Waals surface area (Å²) >= 11 is 0. The summed E-state index contributed by atoms with van der Waals surface area (Å²) in [6, 6.07) is 0. The maximum absolute atomic E-state index is 2.33. The van der Waals surface area contributed by atoms with Crippen molar-refractivity contribution in [3.8, 4) is 0 Å². The molecule has 2 heteroatoms. The van der Waals surface area contributed by atoms with Gasteiger partial charge in [-0.05, 0) is 6.42 Å². The quantitative estimate of drug-likeness (QED) is 0.364. The van der Waals surface area contributed by atoms with E-state index in [1.807, 2.05) is 4.81 Å². The van der Waals surface area contributed by atoms with Crippen LogP contribution < -0.4 is 4.81 Å². The zero-order valence-corrected chi connectivity index (χ0v) is 5.33. The van der Waals surface area contributed by atoms with Crippen LogP contribution in [0.3, 0.4) is 0 Å². The number of quaternary nitrogens is 1. The Kier molecular flexibility index (Phi) is 1.74. The molecule has 0 aromatic heterocycles. The molecule has 0 radical (unpaired) electrons. The first kappa shape index (κ1) is 5.17. The molecule has 1 N–H and O–H groups in total. The first-order chi connectivity index (χ1) is 3.39. The lowest BCUT2D eigenvalue weighted by atomic mass is 9.80. The van der Waals surface area contributed by atoms with Crippen molar-refractivity contribution in [1.29, 1.82) is 0 Å². The molecule has 1 nitrogen and oxygen atoms in total. The minimum absolute atomic E-state index is 0.455. The summed E-state index contributed by atoms with van der Waals surface area (Å²) in [7, 11) is 2.79. The van der Waals surface area contributed by atoms with Gasteiger partial charge in [-0.3, -0.25) is 0 Å². The molecule has 1 unspecified atom stereocenters. The van der Waals surface area contributed by atoms with Crippen LogP contribution in [0.4, 0.5) is 0 Å². The molecular formula is C5H14BN. The van der Waals surface area contributed by atoms with E-state index >= 15 is 0 Å². The molecule has 1 fully saturated rings. The van der Waals surface area contributed by atoms with Crippen LogP contribution in [0.1, 0.15) is 12.8 Å². The van der Waals surface area contributed by atoms with Crippen molar-refractivity contribution in [2.24, 2.45) is 0 Å². The maximum atomic E-state index is 2.33. The monoisotopic (exact) mass is 99.1 g/mol. The van der Waals surface area contributed by atoms with Gasteiger partial charge in [0.2, 0.25) is 0 Å². The molecule has 0 spiro atoms. The highest BCUT2D eigenvalue weighted by molar-refractivity contribution is 6.24. The molecule has 0 aromatic rings. The summed E-state index contributed by atoms with van der Waals surface area (Å²) in [5, 5.41) is 0. The van der Waals surface area contributed by atoms with Gasteiger partial charge in [0.1, 0.15) is 0 Å². The first-order valence-corrected chi connectivity index (χ1v) is 3.56. The van der Waals surface area contributed by atoms with Crippen molar-refractivity contribution in [2.45, 2.75) is 19.2 Å². The van der Waals surface area contributed by atoms with E-state index in [9.17, 15) is 0 Å². The zero-order chi connectivity index (χ0) is 5.11. The highest BCUT2D eigenvalue weighted by Crippen LogP contribution is 1.92. The third kappa shape index (κ3) is 1.52. The summed E-state index contributed by atoms with van der Waals surface area (Å²) in [6.45, 7) is 1.46. The fraction of sp³-hybridized carbons (Fsp3) is 1.00. The van der Waals surface area contributed by atoms with Gasteiger partial charge in [0.25, 0.3) is 0 Å². The van der Waals surface area contributed by atoms with Crippen molar-refractivity contribution in [1.82, 2.24) is 0 Å². The van der Waals surface area contributed by atoms with E-state index in [-0.39, 0.29) is 0 Å². The highest BCUT2D eigenvalue weighted by Gasteiger charge is 2.00. The van der Waals surface area contributed by atoms with E-state index in [4.69, 9.17) is 0 Å². The summed E-state index contributed by atoms with van der Waals surface area (Å²) in [5.41, 5.74) is 0. The van der Waals surface area contributed by atoms with Crippen LogP contribution in [0, 0.1) is 0 Å². The molecule has 0 saturated carbocycles. The van der Waals surface area contributed by atoms with Crippen molar-refractivity contribution in [2.75, 3.05) is 13.6 Å². The Hall–Kier alpha value is 0.0249. The van der Waals surface area contributed by atoms with Crippen molar-refractivity contribution < 1.29 is 4.81 Å². The summed E-state index contributed by atoms with van der Waals surface area (Å²) in [5.74, 6) is 0. The van der Waals surface area contributed by atoms with Crippen molar-refractivity contribution >= 4 is 7.41 Å². The van der Waals surface area contributed by atoms with Gasteiger partial charge in [-0.15, -0.1) is 6.32 Å². The van der Waals surface area contributed by atoms with Gasteiger partial charge in [-0.2, -0.15) is 0 Å². The lowest BCUT2D eigenvalue weighted by Crippen LogP contribution is -3.11. The van der Waals surface area contributed by atoms with Crippen molar-refractivity contribution in [3.63, 3.8) is 0 Å². The van der Waals surface area contributed by atoms with Crippen LogP contribution in [0.25, 0.3) is 0 Å². The van der Waals surface area contributed by atoms with Gasteiger partial charge < -0.3 is 4.81 Å². The highest BCUT2D eigenvalue weighted by atomic mass is 15.0. The smallest absolute Gasteiger partial charge is 0.181 e. The fourth-order valence-electron chi connectivity index (χ4n) is 1.51. The summed E-state index contributed by atoms with van der Waals surface area (Å²) in [4.78, 5) is 1.84. The molecule has 1 rings (SSSR count). The zero-order valence-electron chi connectivity index (χ0n) is 5.33. The van der Waals surface area contributed by atoms with E-state index < -0.39 is 0 Å². The molecular weight excluding hydrogens is 84.9 g/mol. The predicted octanol–water partition coefficient (Wildman–Crippen LogP) is -1.20. The molecule has 0 amide bonds. The van der Waals surface area contributed by atoms with Crippen molar-refractivity contribution in [3.05, 3.63) is 0 Å². The summed E-state index contributed by atoms with van der Waals surface area (Å²) in [6.07, 6.45) is 4.58. The van der Waals surface area contributed by atoms with Gasteiger partial charge in [-0.25, -0.2) is 0 Å². The van der Waals surface area contributed by atoms with Gasteiger partial charge in [0.05, 0.1) is 0 Å². The number of hydrogen-bond acceptors (Lipinski definition) is 0. The minimum Gasteiger partial charge on any atom is -0.533 e. The topological polar surface area (TPSA) is 4.44 Å². The van der Waals surface area contributed by atoms with Crippen LogP contribution in [-0.2, 0) is 0 Å². The summed E-state index contributed by atoms with van der Waals surface area (Å²) < 4.78 is 0. The average molecular weight is 99.0 g/mol. The Balaban J connectivity index is 2.12. The molecule has 1 atom stereocenters. The second-order valence-corrected chi connectivity index (χ2v) is 3.02. The molecule has 1 aliphatic rings. The number of rotatable bonds is 0. The van der Waals surface area contributed by atoms with Gasteiger partial charge in [0.15, 0.2) is 7.41 Å². The molecule has 1 saturated heterocycles. The predicted molar refractivity (Wildman–Crippen MR) is 34.3 cm³/mol. The fourth-order valence-corrected chi connectivity index (χ4v) is 1.51. The van der Waals surface area contributed by atoms with E-state index in [1.54, 1.807) is 6.32 Å². The normalized spacial score (nSPS) is 33.0. The van der Waals surface area contributed by atoms with Crippen LogP contribution in [0.2, 0.25) is 6.32 Å². The van der Waals surface area contributed by atoms with Gasteiger partial charge >= 0.3 is 0 Å². The average Bonchev–Trinajstić information content (AvgIpc) is 1.69. The number of nitrogens with one attached hydrogen (secondary N) is 1. The molecule has 0 aromatic carbocycles. The van der Waals surface area contributed by atoms with Gasteiger partial charge in [0, 0.05) is 13.6 Å². The molecule has 1 heterocycles. The Morgan fingerprint density at radius 3 is 2.57 bits per heavy atom. The standard InChI is InChI=1S/C5H14BN/c1-7-5-3-2-4-6-7/h7H,2-6H2,1H3. The third-order valence-electron chi connectivity index (χ3n) is 2.13. The molecule has 0 bridgehead atoms. The molecule has 0 aliphatic carbocycles. The van der Waals surface area contributed by atoms with Crippen LogP contribution in [0.15, 0.2) is 0 Å². The Bertz CT molecular complexity index is 50.0. The molecule has 7 heavy (non-hydrogen) atoms. The molecule has 1 aliphatic heterocycles. The maximum Gasteiger partial charge on any atom is 0.181 e. The van der Waals surface area contributed by atoms with E-state index in [0.717, 1.165) is 0 Å². The van der Waals surface area contributed by atoms with E-state index in [0.29, 0.717) is 7.41 Å². The lowest BCUT2D eigenvalue weighted by molar-refractivity contribution is -0.764. The molecule has 42 valence electrons. The second kappa shape index (κ2) is 2.36. The second-order valence-electron chi connectivity index (χ2n) is 3.02. The first-order valence-electron chi connectivity index (χ1n) is 3.56.